The number of hydrogen-bond donors (Lipinski definition) is 1. The van der Waals surface area contributed by atoms with Gasteiger partial charge in [-0.2, -0.15) is 0 Å². The summed E-state index contributed by atoms with van der Waals surface area (Å²) in [6, 6.07) is 0. The van der Waals surface area contributed by atoms with Crippen LogP contribution in [0.5, 0.6) is 0 Å². The SMILES string of the molecule is COCCCNOCCOC. The quantitative estimate of drug-likeness (QED) is 0.409. The van der Waals surface area contributed by atoms with Gasteiger partial charge in [0.2, 0.25) is 0 Å². The fraction of sp³-hybridized carbons (Fsp3) is 1.00. The van der Waals surface area contributed by atoms with Gasteiger partial charge >= 0.3 is 0 Å². The fourth-order valence-corrected chi connectivity index (χ4v) is 0.558. The number of methoxy groups -OCH3 is 2. The van der Waals surface area contributed by atoms with Crippen LogP contribution in [0, 0.1) is 0 Å². The van der Waals surface area contributed by atoms with Gasteiger partial charge in [-0.15, -0.1) is 0 Å². The Balaban J connectivity index is 2.69. The molecule has 0 saturated carbocycles. The highest BCUT2D eigenvalue weighted by molar-refractivity contribution is 4.35. The van der Waals surface area contributed by atoms with Crippen LogP contribution in [0.15, 0.2) is 0 Å². The van der Waals surface area contributed by atoms with Crippen molar-refractivity contribution in [3.63, 3.8) is 0 Å². The van der Waals surface area contributed by atoms with Crippen molar-refractivity contribution in [3.8, 4) is 0 Å². The second-order valence-corrected chi connectivity index (χ2v) is 2.08. The molecule has 0 fully saturated rings. The lowest BCUT2D eigenvalue weighted by atomic mass is 10.5. The van der Waals surface area contributed by atoms with E-state index in [9.17, 15) is 0 Å². The average molecular weight is 163 g/mol. The van der Waals surface area contributed by atoms with E-state index in [-0.39, 0.29) is 0 Å². The molecule has 0 aliphatic heterocycles. The Bertz CT molecular complexity index is 62.7. The second kappa shape index (κ2) is 9.84. The summed E-state index contributed by atoms with van der Waals surface area (Å²) < 4.78 is 9.63. The van der Waals surface area contributed by atoms with Crippen molar-refractivity contribution in [2.75, 3.05) is 40.6 Å². The van der Waals surface area contributed by atoms with Gasteiger partial charge in [-0.05, 0) is 6.42 Å². The molecule has 0 aliphatic rings. The van der Waals surface area contributed by atoms with Gasteiger partial charge in [0, 0.05) is 27.4 Å². The molecule has 0 aromatic rings. The molecule has 0 atom stereocenters. The van der Waals surface area contributed by atoms with E-state index in [2.05, 4.69) is 5.48 Å². The van der Waals surface area contributed by atoms with Crippen LogP contribution in [0.1, 0.15) is 6.42 Å². The molecule has 0 bridgehead atoms. The van der Waals surface area contributed by atoms with Gasteiger partial charge in [0.15, 0.2) is 0 Å². The Morgan fingerprint density at radius 1 is 1.00 bits per heavy atom. The Morgan fingerprint density at radius 3 is 2.36 bits per heavy atom. The first-order valence-corrected chi connectivity index (χ1v) is 3.74. The van der Waals surface area contributed by atoms with E-state index in [1.165, 1.54) is 0 Å². The molecule has 0 rings (SSSR count). The first-order chi connectivity index (χ1) is 5.41. The number of hydrogen-bond acceptors (Lipinski definition) is 4. The lowest BCUT2D eigenvalue weighted by Gasteiger charge is -2.03. The van der Waals surface area contributed by atoms with Gasteiger partial charge in [-0.1, -0.05) is 0 Å². The zero-order valence-corrected chi connectivity index (χ0v) is 7.26. The predicted molar refractivity (Wildman–Crippen MR) is 42.3 cm³/mol. The number of ether oxygens (including phenoxy) is 2. The van der Waals surface area contributed by atoms with E-state index in [1.54, 1.807) is 14.2 Å². The van der Waals surface area contributed by atoms with Gasteiger partial charge in [-0.3, -0.25) is 4.84 Å². The molecule has 1 N–H and O–H groups in total. The summed E-state index contributed by atoms with van der Waals surface area (Å²) in [4.78, 5) is 4.99. The molecule has 68 valence electrons. The maximum atomic E-state index is 4.99. The van der Waals surface area contributed by atoms with Crippen LogP contribution in [-0.2, 0) is 14.3 Å². The van der Waals surface area contributed by atoms with Crippen LogP contribution in [0.4, 0.5) is 0 Å². The van der Waals surface area contributed by atoms with Crippen molar-refractivity contribution in [1.82, 2.24) is 5.48 Å². The van der Waals surface area contributed by atoms with Crippen LogP contribution in [0.2, 0.25) is 0 Å². The molecule has 0 unspecified atom stereocenters. The lowest BCUT2D eigenvalue weighted by Crippen LogP contribution is -2.19. The number of hydroxylamine groups is 1. The van der Waals surface area contributed by atoms with Gasteiger partial charge in [0.1, 0.15) is 0 Å². The molecule has 0 aromatic heterocycles. The Labute approximate surface area is 67.8 Å². The summed E-state index contributed by atoms with van der Waals surface area (Å²) in [5.74, 6) is 0. The van der Waals surface area contributed by atoms with Crippen molar-refractivity contribution in [3.05, 3.63) is 0 Å². The maximum Gasteiger partial charge on any atom is 0.0915 e. The molecule has 0 heterocycles. The molecular weight excluding hydrogens is 146 g/mol. The van der Waals surface area contributed by atoms with Crippen molar-refractivity contribution >= 4 is 0 Å². The molecule has 0 aromatic carbocycles. The number of nitrogens with one attached hydrogen (secondary N) is 1. The maximum absolute atomic E-state index is 4.99. The Kier molecular flexibility index (Phi) is 9.70. The van der Waals surface area contributed by atoms with E-state index in [0.29, 0.717) is 13.2 Å². The highest BCUT2D eigenvalue weighted by Crippen LogP contribution is 1.77. The minimum absolute atomic E-state index is 0.587. The van der Waals surface area contributed by atoms with Gasteiger partial charge < -0.3 is 9.47 Å². The molecule has 0 saturated heterocycles. The summed E-state index contributed by atoms with van der Waals surface area (Å²) in [7, 11) is 3.33. The summed E-state index contributed by atoms with van der Waals surface area (Å²) >= 11 is 0. The van der Waals surface area contributed by atoms with Crippen molar-refractivity contribution < 1.29 is 14.3 Å². The average Bonchev–Trinajstić information content (AvgIpc) is 2.03. The van der Waals surface area contributed by atoms with E-state index in [1.807, 2.05) is 0 Å². The zero-order valence-electron chi connectivity index (χ0n) is 7.26. The minimum Gasteiger partial charge on any atom is -0.385 e. The first-order valence-electron chi connectivity index (χ1n) is 3.74. The summed E-state index contributed by atoms with van der Waals surface area (Å²) in [6.45, 7) is 2.79. The van der Waals surface area contributed by atoms with Crippen LogP contribution >= 0.6 is 0 Å². The van der Waals surface area contributed by atoms with E-state index in [4.69, 9.17) is 14.3 Å². The fourth-order valence-electron chi connectivity index (χ4n) is 0.558. The summed E-state index contributed by atoms with van der Waals surface area (Å²) in [5.41, 5.74) is 2.80. The van der Waals surface area contributed by atoms with E-state index >= 15 is 0 Å². The third-order valence-electron chi connectivity index (χ3n) is 1.12. The lowest BCUT2D eigenvalue weighted by molar-refractivity contribution is 0.00424. The van der Waals surface area contributed by atoms with Crippen LogP contribution in [0.25, 0.3) is 0 Å². The largest absolute Gasteiger partial charge is 0.385 e. The van der Waals surface area contributed by atoms with Crippen molar-refractivity contribution in [2.24, 2.45) is 0 Å². The molecule has 0 radical (unpaired) electrons. The third-order valence-corrected chi connectivity index (χ3v) is 1.12. The summed E-state index contributed by atoms with van der Waals surface area (Å²) in [6.07, 6.45) is 0.962. The highest BCUT2D eigenvalue weighted by Gasteiger charge is 1.86. The van der Waals surface area contributed by atoms with E-state index < -0.39 is 0 Å². The van der Waals surface area contributed by atoms with Gasteiger partial charge in [-0.25, -0.2) is 5.48 Å². The molecule has 4 heteroatoms. The number of rotatable bonds is 8. The monoisotopic (exact) mass is 163 g/mol. The standard InChI is InChI=1S/C7H17NO3/c1-9-5-3-4-8-11-7-6-10-2/h8H,3-7H2,1-2H3. The molecule has 0 aliphatic carbocycles. The first kappa shape index (κ1) is 10.8. The van der Waals surface area contributed by atoms with Crippen LogP contribution in [0.3, 0.4) is 0 Å². The smallest absolute Gasteiger partial charge is 0.0915 e. The van der Waals surface area contributed by atoms with Crippen molar-refractivity contribution in [1.29, 1.82) is 0 Å². The highest BCUT2D eigenvalue weighted by atomic mass is 16.7. The Hall–Kier alpha value is -0.160. The molecular formula is C7H17NO3. The third kappa shape index (κ3) is 9.84. The van der Waals surface area contributed by atoms with Gasteiger partial charge in [0.25, 0.3) is 0 Å². The zero-order chi connectivity index (χ0) is 8.36. The predicted octanol–water partition coefficient (Wildman–Crippen LogP) is 0.190. The summed E-state index contributed by atoms with van der Waals surface area (Å²) in [5, 5.41) is 0. The van der Waals surface area contributed by atoms with Crippen molar-refractivity contribution in [2.45, 2.75) is 6.42 Å². The van der Waals surface area contributed by atoms with Gasteiger partial charge in [0.05, 0.1) is 13.2 Å². The molecule has 0 amide bonds. The molecule has 0 spiro atoms. The normalized spacial score (nSPS) is 10.4. The topological polar surface area (TPSA) is 39.7 Å². The Morgan fingerprint density at radius 2 is 1.73 bits per heavy atom. The van der Waals surface area contributed by atoms with Crippen LogP contribution in [-0.4, -0.2) is 40.6 Å². The molecule has 4 nitrogen and oxygen atoms in total. The molecule has 11 heavy (non-hydrogen) atoms. The second-order valence-electron chi connectivity index (χ2n) is 2.08. The van der Waals surface area contributed by atoms with E-state index in [0.717, 1.165) is 19.6 Å². The van der Waals surface area contributed by atoms with Crippen LogP contribution < -0.4 is 5.48 Å². The minimum atomic E-state index is 0.587.